The molecule has 0 spiro atoms. The van der Waals surface area contributed by atoms with Gasteiger partial charge >= 0.3 is 5.97 Å². The number of carbonyl (C=O) groups is 4. The van der Waals surface area contributed by atoms with Crippen molar-refractivity contribution in [2.45, 2.75) is 50.7 Å². The molecule has 1 saturated heterocycles. The quantitative estimate of drug-likeness (QED) is 0.238. The Morgan fingerprint density at radius 1 is 1.00 bits per heavy atom. The van der Waals surface area contributed by atoms with Crippen molar-refractivity contribution < 1.29 is 29.0 Å². The van der Waals surface area contributed by atoms with Crippen molar-refractivity contribution >= 4 is 29.4 Å². The van der Waals surface area contributed by atoms with Crippen LogP contribution in [0.1, 0.15) is 48.0 Å². The van der Waals surface area contributed by atoms with Gasteiger partial charge in [0.15, 0.2) is 0 Å². The number of aryl methyl sites for hydroxylation is 1. The Bertz CT molecular complexity index is 1070. The van der Waals surface area contributed by atoms with E-state index >= 15 is 0 Å². The van der Waals surface area contributed by atoms with Crippen LogP contribution < -0.4 is 21.3 Å². The predicted molar refractivity (Wildman–Crippen MR) is 143 cm³/mol. The molecule has 10 nitrogen and oxygen atoms in total. The van der Waals surface area contributed by atoms with E-state index in [4.69, 9.17) is 4.74 Å². The fourth-order valence-electron chi connectivity index (χ4n) is 4.15. The maximum Gasteiger partial charge on any atom is 0.305 e. The van der Waals surface area contributed by atoms with Crippen LogP contribution in [-0.4, -0.2) is 67.2 Å². The summed E-state index contributed by atoms with van der Waals surface area (Å²) in [7, 11) is 0. The summed E-state index contributed by atoms with van der Waals surface area (Å²) in [5.41, 5.74) is 1.80. The van der Waals surface area contributed by atoms with Crippen molar-refractivity contribution in [3.8, 4) is 0 Å². The summed E-state index contributed by atoms with van der Waals surface area (Å²) >= 11 is 0. The Morgan fingerprint density at radius 3 is 2.50 bits per heavy atom. The van der Waals surface area contributed by atoms with Crippen LogP contribution in [0.3, 0.4) is 0 Å². The van der Waals surface area contributed by atoms with Gasteiger partial charge in [0.05, 0.1) is 12.5 Å². The fourth-order valence-corrected chi connectivity index (χ4v) is 4.15. The molecule has 0 aromatic heterocycles. The van der Waals surface area contributed by atoms with Gasteiger partial charge in [0.1, 0.15) is 12.6 Å². The second-order valence-corrected chi connectivity index (χ2v) is 9.25. The first-order chi connectivity index (χ1) is 18.4. The molecule has 5 N–H and O–H groups in total. The minimum atomic E-state index is -1.23. The number of ether oxygens (including phenoxy) is 1. The van der Waals surface area contributed by atoms with Crippen molar-refractivity contribution in [1.29, 1.82) is 0 Å². The van der Waals surface area contributed by atoms with Crippen LogP contribution in [0.15, 0.2) is 54.6 Å². The Hall–Kier alpha value is -3.76. The summed E-state index contributed by atoms with van der Waals surface area (Å²) in [4.78, 5) is 49.1. The number of hydrogen-bond donors (Lipinski definition) is 5. The highest BCUT2D eigenvalue weighted by molar-refractivity contribution is 6.00. The Morgan fingerprint density at radius 2 is 1.76 bits per heavy atom. The molecule has 0 unspecified atom stereocenters. The molecular formula is C28H36N4O6. The van der Waals surface area contributed by atoms with Crippen molar-refractivity contribution in [1.82, 2.24) is 16.0 Å². The highest BCUT2D eigenvalue weighted by atomic mass is 16.5. The maximum absolute atomic E-state index is 12.8. The van der Waals surface area contributed by atoms with Gasteiger partial charge in [-0.1, -0.05) is 36.4 Å². The zero-order chi connectivity index (χ0) is 27.2. The first-order valence-electron chi connectivity index (χ1n) is 13.0. The van der Waals surface area contributed by atoms with E-state index in [0.29, 0.717) is 12.2 Å². The average molecular weight is 525 g/mol. The number of nitrogens with one attached hydrogen (secondary N) is 4. The number of piperidine rings is 1. The lowest BCUT2D eigenvalue weighted by molar-refractivity contribution is -0.139. The van der Waals surface area contributed by atoms with Crippen LogP contribution >= 0.6 is 0 Å². The third-order valence-corrected chi connectivity index (χ3v) is 6.18. The fraction of sp³-hybridized carbons (Fsp3) is 0.429. The van der Waals surface area contributed by atoms with Crippen molar-refractivity contribution in [2.24, 2.45) is 0 Å². The molecule has 10 heteroatoms. The number of carbonyl (C=O) groups excluding carboxylic acids is 3. The summed E-state index contributed by atoms with van der Waals surface area (Å²) in [6.45, 7) is 2.00. The van der Waals surface area contributed by atoms with Gasteiger partial charge in [0.2, 0.25) is 11.8 Å². The summed E-state index contributed by atoms with van der Waals surface area (Å²) in [6.07, 6.45) is 3.65. The maximum atomic E-state index is 12.8. The van der Waals surface area contributed by atoms with Gasteiger partial charge in [-0.2, -0.15) is 0 Å². The lowest BCUT2D eigenvalue weighted by atomic mass is 10.1. The normalized spacial score (nSPS) is 14.3. The summed E-state index contributed by atoms with van der Waals surface area (Å²) in [5, 5.41) is 20.4. The van der Waals surface area contributed by atoms with Gasteiger partial charge in [0.25, 0.3) is 5.91 Å². The number of aliphatic carboxylic acids is 1. The highest BCUT2D eigenvalue weighted by Gasteiger charge is 2.24. The molecule has 2 aromatic rings. The van der Waals surface area contributed by atoms with Crippen LogP contribution in [0.5, 0.6) is 0 Å². The Labute approximate surface area is 222 Å². The second kappa shape index (κ2) is 15.5. The molecule has 0 aliphatic carbocycles. The van der Waals surface area contributed by atoms with E-state index in [1.807, 2.05) is 30.3 Å². The topological polar surface area (TPSA) is 146 Å². The van der Waals surface area contributed by atoms with E-state index in [1.165, 1.54) is 17.7 Å². The molecule has 2 aromatic carbocycles. The van der Waals surface area contributed by atoms with Gasteiger partial charge < -0.3 is 31.1 Å². The Kier molecular flexibility index (Phi) is 11.7. The first-order valence-corrected chi connectivity index (χ1v) is 13.0. The predicted octanol–water partition coefficient (Wildman–Crippen LogP) is 2.11. The van der Waals surface area contributed by atoms with Gasteiger partial charge in [-0.05, 0) is 69.0 Å². The van der Waals surface area contributed by atoms with Crippen LogP contribution in [-0.2, 0) is 25.5 Å². The third-order valence-electron chi connectivity index (χ3n) is 6.18. The molecule has 1 heterocycles. The molecular weight excluding hydrogens is 488 g/mol. The van der Waals surface area contributed by atoms with Gasteiger partial charge in [0, 0.05) is 17.8 Å². The van der Waals surface area contributed by atoms with E-state index in [9.17, 15) is 24.3 Å². The first kappa shape index (κ1) is 28.8. The average Bonchev–Trinajstić information content (AvgIpc) is 2.92. The summed E-state index contributed by atoms with van der Waals surface area (Å²) in [6, 6.07) is 15.0. The number of unbranched alkanes of at least 4 members (excludes halogenated alkanes) is 1. The SMILES string of the molecule is O=C(O)C[C@H](NC(=O)c1cccc(NC(=O)COC2CCNCC2)c1)C(=O)NCCCCc1ccccc1. The van der Waals surface area contributed by atoms with Crippen molar-refractivity contribution in [2.75, 3.05) is 31.6 Å². The van der Waals surface area contributed by atoms with Crippen molar-refractivity contribution in [3.05, 3.63) is 65.7 Å². The lowest BCUT2D eigenvalue weighted by Gasteiger charge is -2.22. The molecule has 0 bridgehead atoms. The van der Waals surface area contributed by atoms with Gasteiger partial charge in [-0.15, -0.1) is 0 Å². The molecule has 204 valence electrons. The monoisotopic (exact) mass is 524 g/mol. The number of carboxylic acid groups (broad SMARTS) is 1. The van der Waals surface area contributed by atoms with E-state index in [1.54, 1.807) is 12.1 Å². The smallest absolute Gasteiger partial charge is 0.305 e. The molecule has 1 atom stereocenters. The molecule has 3 rings (SSSR count). The van der Waals surface area contributed by atoms with Gasteiger partial charge in [-0.3, -0.25) is 19.2 Å². The third kappa shape index (κ3) is 10.3. The molecule has 1 fully saturated rings. The van der Waals surface area contributed by atoms with E-state index in [2.05, 4.69) is 21.3 Å². The van der Waals surface area contributed by atoms with Crippen molar-refractivity contribution in [3.63, 3.8) is 0 Å². The van der Waals surface area contributed by atoms with Crippen LogP contribution in [0, 0.1) is 0 Å². The second-order valence-electron chi connectivity index (χ2n) is 9.25. The number of amides is 3. The largest absolute Gasteiger partial charge is 0.481 e. The number of rotatable bonds is 14. The molecule has 1 aliphatic rings. The molecule has 38 heavy (non-hydrogen) atoms. The number of carboxylic acids is 1. The zero-order valence-corrected chi connectivity index (χ0v) is 21.4. The molecule has 3 amide bonds. The standard InChI is InChI=1S/C28H36N4O6/c33-25(19-38-23-12-15-29-16-13-23)31-22-11-6-10-21(17-22)27(36)32-24(18-26(34)35)28(37)30-14-5-4-9-20-7-2-1-3-8-20/h1-3,6-8,10-11,17,23-24,29H,4-5,9,12-16,18-19H2,(H,30,37)(H,31,33)(H,32,36)(H,34,35)/t24-/m0/s1. The zero-order valence-electron chi connectivity index (χ0n) is 21.4. The lowest BCUT2D eigenvalue weighted by Crippen LogP contribution is -2.48. The minimum Gasteiger partial charge on any atom is -0.481 e. The molecule has 1 aliphatic heterocycles. The van der Waals surface area contributed by atoms with Crippen LogP contribution in [0.4, 0.5) is 5.69 Å². The highest BCUT2D eigenvalue weighted by Crippen LogP contribution is 2.12. The van der Waals surface area contributed by atoms with Crippen LogP contribution in [0.25, 0.3) is 0 Å². The molecule has 0 radical (unpaired) electrons. The van der Waals surface area contributed by atoms with E-state index < -0.39 is 30.2 Å². The molecule has 0 saturated carbocycles. The summed E-state index contributed by atoms with van der Waals surface area (Å²) < 4.78 is 5.65. The minimum absolute atomic E-state index is 0.0419. The van der Waals surface area contributed by atoms with Gasteiger partial charge in [-0.25, -0.2) is 0 Å². The van der Waals surface area contributed by atoms with E-state index in [0.717, 1.165) is 45.2 Å². The summed E-state index contributed by atoms with van der Waals surface area (Å²) in [5.74, 6) is -2.71. The number of benzene rings is 2. The van der Waals surface area contributed by atoms with Crippen LogP contribution in [0.2, 0.25) is 0 Å². The Balaban J connectivity index is 1.47. The number of anilines is 1. The van der Waals surface area contributed by atoms with E-state index in [-0.39, 0.29) is 24.2 Å². The number of hydrogen-bond acceptors (Lipinski definition) is 6.